The molecule has 3 aromatic rings. The highest BCUT2D eigenvalue weighted by Crippen LogP contribution is 2.19. The van der Waals surface area contributed by atoms with Crippen LogP contribution in [0, 0.1) is 0 Å². The topological polar surface area (TPSA) is 68.0 Å². The highest BCUT2D eigenvalue weighted by atomic mass is 32.2. The van der Waals surface area contributed by atoms with E-state index in [4.69, 9.17) is 4.42 Å². The number of nitrogens with one attached hydrogen (secondary N) is 1. The molecule has 134 valence electrons. The van der Waals surface area contributed by atoms with Crippen LogP contribution in [0.2, 0.25) is 0 Å². The van der Waals surface area contributed by atoms with Crippen LogP contribution in [0.3, 0.4) is 0 Å². The number of anilines is 1. The van der Waals surface area contributed by atoms with Crippen molar-refractivity contribution in [3.63, 3.8) is 0 Å². The molecule has 2 aromatic carbocycles. The van der Waals surface area contributed by atoms with Gasteiger partial charge < -0.3 is 4.42 Å². The van der Waals surface area contributed by atoms with E-state index in [9.17, 15) is 4.79 Å². The maximum Gasteiger partial charge on any atom is 0.322 e. The van der Waals surface area contributed by atoms with Gasteiger partial charge in [-0.05, 0) is 41.5 Å². The summed E-state index contributed by atoms with van der Waals surface area (Å²) in [6, 6.07) is 15.8. The fourth-order valence-corrected chi connectivity index (χ4v) is 2.96. The molecule has 1 amide bonds. The highest BCUT2D eigenvalue weighted by Gasteiger charge is 2.12. The molecular weight excluding hydrogens is 346 g/mol. The van der Waals surface area contributed by atoms with Gasteiger partial charge in [0.25, 0.3) is 5.91 Å². The molecule has 1 aromatic heterocycles. The van der Waals surface area contributed by atoms with E-state index in [2.05, 4.69) is 53.6 Å². The number of carbonyl (C=O) groups is 1. The van der Waals surface area contributed by atoms with Gasteiger partial charge in [0, 0.05) is 10.5 Å². The van der Waals surface area contributed by atoms with E-state index >= 15 is 0 Å². The second-order valence-corrected chi connectivity index (χ2v) is 7.14. The summed E-state index contributed by atoms with van der Waals surface area (Å²) in [5.74, 6) is 0.701. The Morgan fingerprint density at radius 3 is 2.62 bits per heavy atom. The summed E-state index contributed by atoms with van der Waals surface area (Å²) in [5.41, 5.74) is 2.93. The first-order valence-corrected chi connectivity index (χ1v) is 9.64. The third-order valence-electron chi connectivity index (χ3n) is 4.02. The van der Waals surface area contributed by atoms with E-state index in [-0.39, 0.29) is 11.9 Å². The van der Waals surface area contributed by atoms with Crippen LogP contribution >= 0.6 is 11.8 Å². The third kappa shape index (κ3) is 4.52. The maximum absolute atomic E-state index is 12.3. The Labute approximate surface area is 157 Å². The zero-order chi connectivity index (χ0) is 18.5. The first kappa shape index (κ1) is 18.2. The van der Waals surface area contributed by atoms with Crippen molar-refractivity contribution in [3.8, 4) is 0 Å². The Morgan fingerprint density at radius 2 is 1.92 bits per heavy atom. The van der Waals surface area contributed by atoms with Crippen LogP contribution in [0.15, 0.2) is 57.8 Å². The molecule has 0 aliphatic carbocycles. The number of aromatic nitrogens is 2. The largest absolute Gasteiger partial charge is 0.407 e. The predicted molar refractivity (Wildman–Crippen MR) is 104 cm³/mol. The van der Waals surface area contributed by atoms with Gasteiger partial charge in [0.1, 0.15) is 0 Å². The predicted octanol–water partition coefficient (Wildman–Crippen LogP) is 4.76. The Balaban J connectivity index is 1.64. The zero-order valence-electron chi connectivity index (χ0n) is 15.0. The van der Waals surface area contributed by atoms with Crippen molar-refractivity contribution < 1.29 is 9.21 Å². The lowest BCUT2D eigenvalue weighted by molar-refractivity contribution is 0.102. The summed E-state index contributed by atoms with van der Waals surface area (Å²) < 4.78 is 5.55. The van der Waals surface area contributed by atoms with E-state index in [1.807, 2.05) is 24.5 Å². The minimum absolute atomic E-state index is 0.110. The summed E-state index contributed by atoms with van der Waals surface area (Å²) >= 11 is 1.58. The molecule has 0 spiro atoms. The van der Waals surface area contributed by atoms with Crippen molar-refractivity contribution in [2.75, 3.05) is 11.6 Å². The average molecular weight is 367 g/mol. The van der Waals surface area contributed by atoms with Crippen LogP contribution in [-0.2, 0) is 6.42 Å². The zero-order valence-corrected chi connectivity index (χ0v) is 15.8. The van der Waals surface area contributed by atoms with E-state index in [0.717, 1.165) is 10.5 Å². The fourth-order valence-electron chi connectivity index (χ4n) is 2.50. The molecule has 0 aliphatic heterocycles. The number of amides is 1. The number of hydrogen-bond acceptors (Lipinski definition) is 5. The van der Waals surface area contributed by atoms with Crippen LogP contribution in [0.1, 0.15) is 47.1 Å². The first-order chi connectivity index (χ1) is 12.5. The second kappa shape index (κ2) is 8.19. The normalized spacial score (nSPS) is 10.9. The Bertz CT molecular complexity index is 888. The second-order valence-electron chi connectivity index (χ2n) is 6.26. The van der Waals surface area contributed by atoms with Gasteiger partial charge in [-0.15, -0.1) is 16.9 Å². The van der Waals surface area contributed by atoms with Crippen LogP contribution in [0.25, 0.3) is 0 Å². The minimum atomic E-state index is -0.266. The van der Waals surface area contributed by atoms with Crippen molar-refractivity contribution in [2.24, 2.45) is 0 Å². The van der Waals surface area contributed by atoms with Gasteiger partial charge in [-0.2, -0.15) is 0 Å². The van der Waals surface area contributed by atoms with Crippen LogP contribution in [0.5, 0.6) is 0 Å². The molecule has 3 rings (SSSR count). The summed E-state index contributed by atoms with van der Waals surface area (Å²) in [6.45, 7) is 4.33. The molecule has 0 aliphatic rings. The lowest BCUT2D eigenvalue weighted by atomic mass is 10.0. The number of hydrogen-bond donors (Lipinski definition) is 1. The third-order valence-corrected chi connectivity index (χ3v) is 4.75. The lowest BCUT2D eigenvalue weighted by Gasteiger charge is -2.05. The van der Waals surface area contributed by atoms with Crippen molar-refractivity contribution in [1.82, 2.24) is 10.2 Å². The van der Waals surface area contributed by atoms with Crippen LogP contribution < -0.4 is 5.32 Å². The molecule has 6 heteroatoms. The standard InChI is InChI=1S/C20H21N3O2S/c1-13(2)15-9-7-14(8-10-15)11-18-22-23-20(25-18)21-19(24)16-5-4-6-17(12-16)26-3/h4-10,12-13H,11H2,1-3H3,(H,21,23,24). The molecule has 5 nitrogen and oxygen atoms in total. The highest BCUT2D eigenvalue weighted by molar-refractivity contribution is 7.98. The summed E-state index contributed by atoms with van der Waals surface area (Å²) in [7, 11) is 0. The minimum Gasteiger partial charge on any atom is -0.407 e. The van der Waals surface area contributed by atoms with Crippen molar-refractivity contribution in [1.29, 1.82) is 0 Å². The first-order valence-electron chi connectivity index (χ1n) is 8.42. The number of rotatable bonds is 6. The Kier molecular flexibility index (Phi) is 5.73. The van der Waals surface area contributed by atoms with Gasteiger partial charge in [0.15, 0.2) is 0 Å². The van der Waals surface area contributed by atoms with Gasteiger partial charge in [-0.25, -0.2) is 0 Å². The number of nitrogens with zero attached hydrogens (tertiary/aromatic N) is 2. The lowest BCUT2D eigenvalue weighted by Crippen LogP contribution is -2.12. The summed E-state index contributed by atoms with van der Waals surface area (Å²) in [4.78, 5) is 13.3. The van der Waals surface area contributed by atoms with E-state index in [1.165, 1.54) is 5.56 Å². The summed E-state index contributed by atoms with van der Waals surface area (Å²) in [5, 5.41) is 10.6. The van der Waals surface area contributed by atoms with Gasteiger partial charge in [-0.3, -0.25) is 10.1 Å². The molecule has 0 saturated carbocycles. The molecule has 0 radical (unpaired) electrons. The average Bonchev–Trinajstić information content (AvgIpc) is 3.09. The molecule has 1 heterocycles. The van der Waals surface area contributed by atoms with Crippen molar-refractivity contribution >= 4 is 23.7 Å². The molecular formula is C20H21N3O2S. The summed E-state index contributed by atoms with van der Waals surface area (Å²) in [6.07, 6.45) is 2.50. The van der Waals surface area contributed by atoms with Crippen LogP contribution in [-0.4, -0.2) is 22.4 Å². The maximum atomic E-state index is 12.3. The van der Waals surface area contributed by atoms with Gasteiger partial charge >= 0.3 is 6.01 Å². The Hall–Kier alpha value is -2.60. The number of benzene rings is 2. The molecule has 0 unspecified atom stereocenters. The monoisotopic (exact) mass is 367 g/mol. The molecule has 0 atom stereocenters. The molecule has 1 N–H and O–H groups in total. The molecule has 0 bridgehead atoms. The van der Waals surface area contributed by atoms with E-state index in [1.54, 1.807) is 17.8 Å². The SMILES string of the molecule is CSc1cccc(C(=O)Nc2nnc(Cc3ccc(C(C)C)cc3)o2)c1. The fraction of sp³-hybridized carbons (Fsp3) is 0.250. The van der Waals surface area contributed by atoms with Crippen LogP contribution in [0.4, 0.5) is 6.01 Å². The quantitative estimate of drug-likeness (QED) is 0.636. The van der Waals surface area contributed by atoms with E-state index in [0.29, 0.717) is 23.8 Å². The molecule has 0 saturated heterocycles. The van der Waals surface area contributed by atoms with Crippen molar-refractivity contribution in [3.05, 3.63) is 71.1 Å². The smallest absolute Gasteiger partial charge is 0.322 e. The van der Waals surface area contributed by atoms with Crippen molar-refractivity contribution in [2.45, 2.75) is 31.1 Å². The molecule has 0 fully saturated rings. The number of carbonyl (C=O) groups excluding carboxylic acids is 1. The Morgan fingerprint density at radius 1 is 1.15 bits per heavy atom. The van der Waals surface area contributed by atoms with Gasteiger partial charge in [-0.1, -0.05) is 49.3 Å². The van der Waals surface area contributed by atoms with Gasteiger partial charge in [0.05, 0.1) is 6.42 Å². The van der Waals surface area contributed by atoms with E-state index < -0.39 is 0 Å². The van der Waals surface area contributed by atoms with Gasteiger partial charge in [0.2, 0.25) is 5.89 Å². The molecule has 26 heavy (non-hydrogen) atoms. The number of thioether (sulfide) groups is 1.